The molecule has 0 aliphatic rings. The highest BCUT2D eigenvalue weighted by Crippen LogP contribution is 2.18. The largest absolute Gasteiger partial charge is 0.497 e. The number of thioether (sulfide) groups is 1. The minimum atomic E-state index is -0.121. The number of hydrogen-bond acceptors (Lipinski definition) is 5. The number of ether oxygens (including phenoxy) is 1. The van der Waals surface area contributed by atoms with Gasteiger partial charge in [0, 0.05) is 11.8 Å². The minimum Gasteiger partial charge on any atom is -0.497 e. The number of carbonyl (C=O) groups is 1. The lowest BCUT2D eigenvalue weighted by atomic mass is 10.3. The number of nitrogens with zero attached hydrogens (tertiary/aromatic N) is 3. The first kappa shape index (κ1) is 16.1. The van der Waals surface area contributed by atoms with Crippen LogP contribution in [0.1, 0.15) is 0 Å². The van der Waals surface area contributed by atoms with Gasteiger partial charge in [-0.2, -0.15) is 0 Å². The zero-order valence-electron chi connectivity index (χ0n) is 13.0. The summed E-state index contributed by atoms with van der Waals surface area (Å²) in [5, 5.41) is 7.73. The van der Waals surface area contributed by atoms with Crippen LogP contribution in [0.2, 0.25) is 0 Å². The lowest BCUT2D eigenvalue weighted by molar-refractivity contribution is -0.113. The highest BCUT2D eigenvalue weighted by Gasteiger charge is 2.08. The summed E-state index contributed by atoms with van der Waals surface area (Å²) in [6, 6.07) is 16.9. The Hall–Kier alpha value is -2.80. The van der Waals surface area contributed by atoms with Crippen LogP contribution in [-0.4, -0.2) is 33.5 Å². The van der Waals surface area contributed by atoms with E-state index >= 15 is 0 Å². The van der Waals surface area contributed by atoms with Crippen molar-refractivity contribution in [1.82, 2.24) is 14.8 Å². The number of rotatable bonds is 6. The maximum atomic E-state index is 12.0. The van der Waals surface area contributed by atoms with Gasteiger partial charge in [-0.3, -0.25) is 4.79 Å². The molecule has 0 saturated carbocycles. The Labute approximate surface area is 143 Å². The third-order valence-electron chi connectivity index (χ3n) is 3.18. The number of methoxy groups -OCH3 is 1. The van der Waals surface area contributed by atoms with Gasteiger partial charge in [0.25, 0.3) is 0 Å². The van der Waals surface area contributed by atoms with Crippen LogP contribution in [0.15, 0.2) is 66.1 Å². The molecule has 0 spiro atoms. The molecule has 3 rings (SSSR count). The van der Waals surface area contributed by atoms with Gasteiger partial charge in [-0.05, 0) is 24.3 Å². The molecule has 3 aromatic rings. The summed E-state index contributed by atoms with van der Waals surface area (Å²) in [6.07, 6.45) is 1.64. The Balaban J connectivity index is 1.56. The summed E-state index contributed by atoms with van der Waals surface area (Å²) in [5.41, 5.74) is 1.63. The second kappa shape index (κ2) is 7.65. The van der Waals surface area contributed by atoms with Crippen molar-refractivity contribution in [3.63, 3.8) is 0 Å². The first-order chi connectivity index (χ1) is 11.7. The highest BCUT2D eigenvalue weighted by atomic mass is 32.2. The van der Waals surface area contributed by atoms with Crippen molar-refractivity contribution >= 4 is 23.4 Å². The number of aromatic nitrogens is 3. The van der Waals surface area contributed by atoms with Gasteiger partial charge in [-0.15, -0.1) is 5.10 Å². The summed E-state index contributed by atoms with van der Waals surface area (Å²) in [7, 11) is 1.59. The molecule has 7 heteroatoms. The summed E-state index contributed by atoms with van der Waals surface area (Å²) < 4.78 is 6.81. The van der Waals surface area contributed by atoms with Crippen molar-refractivity contribution in [2.75, 3.05) is 18.2 Å². The second-order valence-electron chi connectivity index (χ2n) is 4.88. The van der Waals surface area contributed by atoms with Gasteiger partial charge in [0.1, 0.15) is 12.1 Å². The van der Waals surface area contributed by atoms with Crippen molar-refractivity contribution in [3.8, 4) is 11.4 Å². The molecule has 0 unspecified atom stereocenters. The Morgan fingerprint density at radius 1 is 1.21 bits per heavy atom. The molecule has 2 aromatic carbocycles. The van der Waals surface area contributed by atoms with E-state index in [9.17, 15) is 4.79 Å². The number of anilines is 1. The number of hydrogen-bond donors (Lipinski definition) is 1. The van der Waals surface area contributed by atoms with Crippen molar-refractivity contribution < 1.29 is 9.53 Å². The summed E-state index contributed by atoms with van der Waals surface area (Å²) in [4.78, 5) is 16.2. The van der Waals surface area contributed by atoms with E-state index in [1.165, 1.54) is 11.8 Å². The second-order valence-corrected chi connectivity index (χ2v) is 5.82. The Morgan fingerprint density at radius 2 is 2.04 bits per heavy atom. The molecule has 24 heavy (non-hydrogen) atoms. The molecular weight excluding hydrogens is 324 g/mol. The van der Waals surface area contributed by atoms with E-state index in [-0.39, 0.29) is 11.7 Å². The van der Waals surface area contributed by atoms with Crippen molar-refractivity contribution in [1.29, 1.82) is 0 Å². The zero-order valence-corrected chi connectivity index (χ0v) is 13.9. The van der Waals surface area contributed by atoms with Gasteiger partial charge in [-0.1, -0.05) is 36.0 Å². The number of para-hydroxylation sites is 1. The topological polar surface area (TPSA) is 69.0 Å². The molecule has 1 heterocycles. The van der Waals surface area contributed by atoms with Crippen LogP contribution >= 0.6 is 11.8 Å². The van der Waals surface area contributed by atoms with Gasteiger partial charge in [0.05, 0.1) is 18.6 Å². The minimum absolute atomic E-state index is 0.121. The maximum Gasteiger partial charge on any atom is 0.234 e. The molecule has 0 saturated heterocycles. The molecule has 0 bridgehead atoms. The normalized spacial score (nSPS) is 10.4. The van der Waals surface area contributed by atoms with Crippen molar-refractivity contribution in [3.05, 3.63) is 60.9 Å². The average Bonchev–Trinajstić information content (AvgIpc) is 3.10. The molecule has 6 nitrogen and oxygen atoms in total. The van der Waals surface area contributed by atoms with Crippen LogP contribution in [0.3, 0.4) is 0 Å². The number of amides is 1. The molecule has 0 radical (unpaired) electrons. The summed E-state index contributed by atoms with van der Waals surface area (Å²) in [5.74, 6) is 0.809. The number of nitrogens with one attached hydrogen (secondary N) is 1. The third kappa shape index (κ3) is 4.14. The Kier molecular flexibility index (Phi) is 5.12. The Morgan fingerprint density at radius 3 is 2.83 bits per heavy atom. The van der Waals surface area contributed by atoms with E-state index in [1.807, 2.05) is 48.5 Å². The molecule has 122 valence electrons. The first-order valence-electron chi connectivity index (χ1n) is 7.28. The van der Waals surface area contributed by atoms with E-state index in [2.05, 4.69) is 15.4 Å². The fourth-order valence-electron chi connectivity index (χ4n) is 2.05. The van der Waals surface area contributed by atoms with Crippen LogP contribution < -0.4 is 10.1 Å². The fourth-order valence-corrected chi connectivity index (χ4v) is 2.65. The van der Waals surface area contributed by atoms with Crippen LogP contribution in [0.4, 0.5) is 5.69 Å². The molecule has 1 aromatic heterocycles. The average molecular weight is 340 g/mol. The molecule has 0 fully saturated rings. The summed E-state index contributed by atoms with van der Waals surface area (Å²) in [6.45, 7) is 0. The zero-order chi connectivity index (χ0) is 16.8. The first-order valence-corrected chi connectivity index (χ1v) is 8.27. The molecular formula is C17H16N4O2S. The van der Waals surface area contributed by atoms with Crippen LogP contribution in [-0.2, 0) is 4.79 Å². The lowest BCUT2D eigenvalue weighted by Gasteiger charge is -2.06. The van der Waals surface area contributed by atoms with E-state index in [1.54, 1.807) is 24.2 Å². The molecule has 1 amide bonds. The predicted molar refractivity (Wildman–Crippen MR) is 93.7 cm³/mol. The number of benzene rings is 2. The van der Waals surface area contributed by atoms with Crippen LogP contribution in [0, 0.1) is 0 Å². The third-order valence-corrected chi connectivity index (χ3v) is 4.03. The molecule has 0 atom stereocenters. The van der Waals surface area contributed by atoms with Gasteiger partial charge < -0.3 is 10.1 Å². The van der Waals surface area contributed by atoms with Gasteiger partial charge in [0.2, 0.25) is 11.1 Å². The molecule has 1 N–H and O–H groups in total. The molecule has 0 aliphatic heterocycles. The Bertz CT molecular complexity index is 820. The van der Waals surface area contributed by atoms with Gasteiger partial charge in [-0.25, -0.2) is 9.67 Å². The maximum absolute atomic E-state index is 12.0. The SMILES string of the molecule is COc1cccc(NC(=O)CSc2ncn(-c3ccccc3)n2)c1. The monoisotopic (exact) mass is 340 g/mol. The predicted octanol–water partition coefficient (Wildman–Crippen LogP) is 3.01. The van der Waals surface area contributed by atoms with Crippen LogP contribution in [0.25, 0.3) is 5.69 Å². The fraction of sp³-hybridized carbons (Fsp3) is 0.118. The van der Waals surface area contributed by atoms with Crippen molar-refractivity contribution in [2.24, 2.45) is 0 Å². The highest BCUT2D eigenvalue weighted by molar-refractivity contribution is 7.99. The van der Waals surface area contributed by atoms with E-state index in [4.69, 9.17) is 4.74 Å². The molecule has 0 aliphatic carbocycles. The van der Waals surface area contributed by atoms with E-state index < -0.39 is 0 Å². The van der Waals surface area contributed by atoms with Gasteiger partial charge >= 0.3 is 0 Å². The van der Waals surface area contributed by atoms with Crippen LogP contribution in [0.5, 0.6) is 5.75 Å². The quantitative estimate of drug-likeness (QED) is 0.699. The van der Waals surface area contributed by atoms with Crippen molar-refractivity contribution in [2.45, 2.75) is 5.16 Å². The van der Waals surface area contributed by atoms with Gasteiger partial charge in [0.15, 0.2) is 0 Å². The summed E-state index contributed by atoms with van der Waals surface area (Å²) >= 11 is 1.29. The lowest BCUT2D eigenvalue weighted by Crippen LogP contribution is -2.14. The number of carbonyl (C=O) groups excluding carboxylic acids is 1. The standard InChI is InChI=1S/C17H16N4O2S/c1-23-15-9-5-6-13(10-15)19-16(22)11-24-17-18-12-21(20-17)14-7-3-2-4-8-14/h2-10,12H,11H2,1H3,(H,19,22). The smallest absolute Gasteiger partial charge is 0.234 e. The van der Waals surface area contributed by atoms with E-state index in [0.717, 1.165) is 5.69 Å². The van der Waals surface area contributed by atoms with E-state index in [0.29, 0.717) is 16.6 Å².